The Morgan fingerprint density at radius 3 is 2.57 bits per heavy atom. The molecular formula is C23H29N3O2. The van der Waals surface area contributed by atoms with Gasteiger partial charge < -0.3 is 9.73 Å². The Labute approximate surface area is 166 Å². The van der Waals surface area contributed by atoms with E-state index in [1.807, 2.05) is 6.07 Å². The third kappa shape index (κ3) is 3.38. The smallest absolute Gasteiger partial charge is 0.286 e. The van der Waals surface area contributed by atoms with Crippen LogP contribution in [0.5, 0.6) is 0 Å². The predicted molar refractivity (Wildman–Crippen MR) is 108 cm³/mol. The fourth-order valence-electron chi connectivity index (χ4n) is 5.41. The summed E-state index contributed by atoms with van der Waals surface area (Å²) in [5, 5.41) is 2.63. The summed E-state index contributed by atoms with van der Waals surface area (Å²) in [6, 6.07) is 13.9. The number of fused-ring (bicyclic) bond motifs is 5. The summed E-state index contributed by atoms with van der Waals surface area (Å²) in [4.78, 5) is 17.1. The molecule has 3 saturated heterocycles. The van der Waals surface area contributed by atoms with Crippen molar-refractivity contribution >= 4 is 5.91 Å². The van der Waals surface area contributed by atoms with Gasteiger partial charge in [-0.2, -0.15) is 0 Å². The molecule has 3 aliphatic heterocycles. The highest BCUT2D eigenvalue weighted by atomic mass is 16.4. The van der Waals surface area contributed by atoms with Gasteiger partial charge in [0.2, 0.25) is 0 Å². The zero-order chi connectivity index (χ0) is 19.1. The van der Waals surface area contributed by atoms with Crippen molar-refractivity contribution in [1.82, 2.24) is 15.1 Å². The SMILES string of the molecule is CNC(=O)c1ccc(CN2C[C@H]3CC[C@@H]2CN(C2Cc4ccccc4C2)C3)o1. The molecule has 1 N–H and O–H groups in total. The number of carbonyl (C=O) groups is 1. The van der Waals surface area contributed by atoms with E-state index in [4.69, 9.17) is 4.42 Å². The highest BCUT2D eigenvalue weighted by molar-refractivity contribution is 5.91. The van der Waals surface area contributed by atoms with Crippen molar-refractivity contribution in [3.8, 4) is 0 Å². The molecule has 2 bridgehead atoms. The quantitative estimate of drug-likeness (QED) is 0.887. The molecule has 28 heavy (non-hydrogen) atoms. The fourth-order valence-corrected chi connectivity index (χ4v) is 5.41. The van der Waals surface area contributed by atoms with Crippen LogP contribution in [0.4, 0.5) is 0 Å². The van der Waals surface area contributed by atoms with E-state index in [0.29, 0.717) is 17.8 Å². The minimum Gasteiger partial charge on any atom is -0.455 e. The van der Waals surface area contributed by atoms with Crippen LogP contribution < -0.4 is 5.32 Å². The molecule has 3 fully saturated rings. The zero-order valence-electron chi connectivity index (χ0n) is 16.6. The first-order valence-corrected chi connectivity index (χ1v) is 10.6. The Morgan fingerprint density at radius 2 is 1.82 bits per heavy atom. The molecule has 1 amide bonds. The third-order valence-electron chi connectivity index (χ3n) is 6.87. The van der Waals surface area contributed by atoms with Gasteiger partial charge in [-0.15, -0.1) is 0 Å². The maximum atomic E-state index is 11.8. The Hall–Kier alpha value is -2.11. The van der Waals surface area contributed by atoms with Gasteiger partial charge in [-0.25, -0.2) is 0 Å². The molecule has 2 atom stereocenters. The highest BCUT2D eigenvalue weighted by Gasteiger charge is 2.38. The predicted octanol–water partition coefficient (Wildman–Crippen LogP) is 2.70. The normalized spacial score (nSPS) is 25.6. The molecule has 148 valence electrons. The van der Waals surface area contributed by atoms with Crippen LogP contribution in [-0.2, 0) is 19.4 Å². The number of furan rings is 1. The van der Waals surface area contributed by atoms with Crippen molar-refractivity contribution in [3.05, 3.63) is 59.0 Å². The van der Waals surface area contributed by atoms with Crippen molar-refractivity contribution in [3.63, 3.8) is 0 Å². The van der Waals surface area contributed by atoms with E-state index < -0.39 is 0 Å². The molecule has 6 rings (SSSR count). The summed E-state index contributed by atoms with van der Waals surface area (Å²) in [5.74, 6) is 1.88. The van der Waals surface area contributed by atoms with E-state index in [0.717, 1.165) is 31.3 Å². The number of hydrogen-bond acceptors (Lipinski definition) is 4. The van der Waals surface area contributed by atoms with Gasteiger partial charge in [0.25, 0.3) is 5.91 Å². The second-order valence-electron chi connectivity index (χ2n) is 8.66. The number of nitrogens with zero attached hydrogens (tertiary/aromatic N) is 2. The highest BCUT2D eigenvalue weighted by Crippen LogP contribution is 2.33. The number of piperidine rings is 1. The second-order valence-corrected chi connectivity index (χ2v) is 8.66. The van der Waals surface area contributed by atoms with Crippen molar-refractivity contribution in [1.29, 1.82) is 0 Å². The van der Waals surface area contributed by atoms with E-state index in [-0.39, 0.29) is 5.91 Å². The number of nitrogens with one attached hydrogen (secondary N) is 1. The second kappa shape index (κ2) is 7.37. The first-order valence-electron chi connectivity index (χ1n) is 10.6. The van der Waals surface area contributed by atoms with Crippen molar-refractivity contribution < 1.29 is 9.21 Å². The van der Waals surface area contributed by atoms with E-state index in [9.17, 15) is 4.79 Å². The zero-order valence-corrected chi connectivity index (χ0v) is 16.6. The number of hydrogen-bond donors (Lipinski definition) is 1. The first-order chi connectivity index (χ1) is 13.7. The first kappa shape index (κ1) is 18.0. The van der Waals surface area contributed by atoms with E-state index >= 15 is 0 Å². The third-order valence-corrected chi connectivity index (χ3v) is 6.87. The van der Waals surface area contributed by atoms with Crippen LogP contribution in [0.15, 0.2) is 40.8 Å². The number of rotatable bonds is 4. The Morgan fingerprint density at radius 1 is 1.04 bits per heavy atom. The van der Waals surface area contributed by atoms with Gasteiger partial charge in [0.15, 0.2) is 5.76 Å². The van der Waals surface area contributed by atoms with Gasteiger partial charge in [-0.1, -0.05) is 24.3 Å². The standard InChI is InChI=1S/C23H29N3O2/c1-24-23(27)22-9-8-21(28-22)15-26-13-16-6-7-19(26)14-25(12-16)20-10-17-4-2-3-5-18(17)11-20/h2-5,8-9,16,19-20H,6-7,10-15H2,1H3,(H,24,27)/t16-,19+/m0/s1. The van der Waals surface area contributed by atoms with E-state index in [1.165, 1.54) is 32.2 Å². The molecule has 1 aliphatic carbocycles. The van der Waals surface area contributed by atoms with Gasteiger partial charge >= 0.3 is 0 Å². The summed E-state index contributed by atoms with van der Waals surface area (Å²) >= 11 is 0. The lowest BCUT2D eigenvalue weighted by Crippen LogP contribution is -2.44. The Kier molecular flexibility index (Phi) is 4.73. The number of benzene rings is 1. The van der Waals surface area contributed by atoms with Crippen LogP contribution in [0.2, 0.25) is 0 Å². The summed E-state index contributed by atoms with van der Waals surface area (Å²) in [6.45, 7) is 4.30. The maximum Gasteiger partial charge on any atom is 0.286 e. The molecule has 1 aromatic carbocycles. The van der Waals surface area contributed by atoms with Crippen LogP contribution >= 0.6 is 0 Å². The van der Waals surface area contributed by atoms with Crippen LogP contribution in [0, 0.1) is 5.92 Å². The molecule has 2 aromatic rings. The average molecular weight is 380 g/mol. The van der Waals surface area contributed by atoms with Gasteiger partial charge in [-0.05, 0) is 54.9 Å². The molecule has 5 heteroatoms. The van der Waals surface area contributed by atoms with Crippen molar-refractivity contribution in [2.75, 3.05) is 26.7 Å². The molecule has 4 heterocycles. The molecular weight excluding hydrogens is 350 g/mol. The molecule has 0 saturated carbocycles. The average Bonchev–Trinajstić information content (AvgIpc) is 3.26. The van der Waals surface area contributed by atoms with Gasteiger partial charge in [0.1, 0.15) is 5.76 Å². The topological polar surface area (TPSA) is 48.7 Å². The monoisotopic (exact) mass is 379 g/mol. The summed E-state index contributed by atoms with van der Waals surface area (Å²) < 4.78 is 5.79. The molecule has 1 aromatic heterocycles. The minimum atomic E-state index is -0.157. The molecule has 4 aliphatic rings. The van der Waals surface area contributed by atoms with Crippen molar-refractivity contribution in [2.45, 2.75) is 44.3 Å². The number of carbonyl (C=O) groups excluding carboxylic acids is 1. The molecule has 5 nitrogen and oxygen atoms in total. The summed E-state index contributed by atoms with van der Waals surface area (Å²) in [5.41, 5.74) is 3.08. The lowest BCUT2D eigenvalue weighted by Gasteiger charge is -2.35. The largest absolute Gasteiger partial charge is 0.455 e. The van der Waals surface area contributed by atoms with Crippen LogP contribution in [0.3, 0.4) is 0 Å². The molecule has 0 spiro atoms. The van der Waals surface area contributed by atoms with Gasteiger partial charge in [-0.3, -0.25) is 14.6 Å². The van der Waals surface area contributed by atoms with Gasteiger partial charge in [0, 0.05) is 38.8 Å². The summed E-state index contributed by atoms with van der Waals surface area (Å²) in [7, 11) is 1.63. The van der Waals surface area contributed by atoms with E-state index in [1.54, 1.807) is 24.2 Å². The molecule has 0 radical (unpaired) electrons. The lowest BCUT2D eigenvalue weighted by atomic mass is 9.95. The Balaban J connectivity index is 1.27. The lowest BCUT2D eigenvalue weighted by molar-refractivity contribution is 0.0919. The van der Waals surface area contributed by atoms with Gasteiger partial charge in [0.05, 0.1) is 6.54 Å². The number of amides is 1. The van der Waals surface area contributed by atoms with Crippen LogP contribution in [0.1, 0.15) is 40.3 Å². The maximum absolute atomic E-state index is 11.8. The molecule has 0 unspecified atom stereocenters. The fraction of sp³-hybridized carbons (Fsp3) is 0.522. The van der Waals surface area contributed by atoms with Crippen LogP contribution in [0.25, 0.3) is 0 Å². The minimum absolute atomic E-state index is 0.157. The van der Waals surface area contributed by atoms with E-state index in [2.05, 4.69) is 39.4 Å². The van der Waals surface area contributed by atoms with Crippen molar-refractivity contribution in [2.24, 2.45) is 5.92 Å². The summed E-state index contributed by atoms with van der Waals surface area (Å²) in [6.07, 6.45) is 5.00. The Bertz CT molecular complexity index is 836. The van der Waals surface area contributed by atoms with Crippen LogP contribution in [-0.4, -0.2) is 54.5 Å².